The second-order valence-electron chi connectivity index (χ2n) is 4.30. The van der Waals surface area contributed by atoms with E-state index in [1.807, 2.05) is 6.20 Å². The van der Waals surface area contributed by atoms with Crippen molar-refractivity contribution in [2.75, 3.05) is 18.0 Å². The highest BCUT2D eigenvalue weighted by molar-refractivity contribution is 9.11. The smallest absolute Gasteiger partial charge is 0.142 e. The van der Waals surface area contributed by atoms with E-state index in [2.05, 4.69) is 54.7 Å². The second kappa shape index (κ2) is 5.50. The molecule has 0 aromatic carbocycles. The van der Waals surface area contributed by atoms with Crippen molar-refractivity contribution < 1.29 is 0 Å². The summed E-state index contributed by atoms with van der Waals surface area (Å²) in [6, 6.07) is 2.06. The molecule has 2 nitrogen and oxygen atoms in total. The maximum atomic E-state index is 4.48. The second-order valence-corrected chi connectivity index (χ2v) is 6.07. The van der Waals surface area contributed by atoms with Crippen LogP contribution in [0.4, 0.5) is 5.82 Å². The molecule has 1 aromatic rings. The molecule has 16 heavy (non-hydrogen) atoms. The van der Waals surface area contributed by atoms with E-state index in [0.717, 1.165) is 33.8 Å². The molecule has 0 N–H and O–H groups in total. The van der Waals surface area contributed by atoms with Crippen LogP contribution in [0.5, 0.6) is 0 Å². The van der Waals surface area contributed by atoms with Crippen molar-refractivity contribution in [3.8, 4) is 0 Å². The van der Waals surface area contributed by atoms with Crippen LogP contribution >= 0.6 is 31.9 Å². The van der Waals surface area contributed by atoms with E-state index in [1.165, 1.54) is 19.3 Å². The van der Waals surface area contributed by atoms with Crippen molar-refractivity contribution in [2.45, 2.75) is 26.2 Å². The van der Waals surface area contributed by atoms with Gasteiger partial charge < -0.3 is 4.90 Å². The molecule has 1 fully saturated rings. The lowest BCUT2D eigenvalue weighted by molar-refractivity contribution is 0.393. The van der Waals surface area contributed by atoms with Gasteiger partial charge in [0, 0.05) is 23.8 Å². The van der Waals surface area contributed by atoms with E-state index in [0.29, 0.717) is 0 Å². The van der Waals surface area contributed by atoms with Crippen molar-refractivity contribution in [3.05, 3.63) is 21.2 Å². The van der Waals surface area contributed by atoms with E-state index in [-0.39, 0.29) is 0 Å². The molecule has 2 rings (SSSR count). The predicted molar refractivity (Wildman–Crippen MR) is 74.9 cm³/mol. The molecule has 0 radical (unpaired) electrons. The third kappa shape index (κ3) is 2.77. The Hall–Kier alpha value is -0.0900. The van der Waals surface area contributed by atoms with Crippen LogP contribution < -0.4 is 4.90 Å². The molecule has 1 aliphatic rings. The Morgan fingerprint density at radius 3 is 2.62 bits per heavy atom. The number of piperidine rings is 1. The summed E-state index contributed by atoms with van der Waals surface area (Å²) in [5, 5.41) is 0. The van der Waals surface area contributed by atoms with Crippen LogP contribution in [-0.4, -0.2) is 18.1 Å². The summed E-state index contributed by atoms with van der Waals surface area (Å²) in [6.07, 6.45) is 5.76. The monoisotopic (exact) mass is 346 g/mol. The third-order valence-electron chi connectivity index (χ3n) is 3.28. The molecule has 1 saturated heterocycles. The summed E-state index contributed by atoms with van der Waals surface area (Å²) in [6.45, 7) is 4.55. The van der Waals surface area contributed by atoms with Crippen LogP contribution in [0.1, 0.15) is 26.2 Å². The minimum atomic E-state index is 0.908. The SMILES string of the molecule is CCC1CCN(c2ncc(Br)cc2Br)CC1. The van der Waals surface area contributed by atoms with Crippen molar-refractivity contribution in [1.29, 1.82) is 0 Å². The maximum absolute atomic E-state index is 4.48. The van der Waals surface area contributed by atoms with Gasteiger partial charge in [0.2, 0.25) is 0 Å². The zero-order valence-electron chi connectivity index (χ0n) is 9.42. The summed E-state index contributed by atoms with van der Waals surface area (Å²) < 4.78 is 2.10. The van der Waals surface area contributed by atoms with Gasteiger partial charge in [-0.25, -0.2) is 4.98 Å². The molecule has 0 unspecified atom stereocenters. The summed E-state index contributed by atoms with van der Waals surface area (Å²) in [4.78, 5) is 6.86. The van der Waals surface area contributed by atoms with Crippen LogP contribution in [0.3, 0.4) is 0 Å². The fourth-order valence-corrected chi connectivity index (χ4v) is 3.43. The van der Waals surface area contributed by atoms with Gasteiger partial charge in [0.05, 0.1) is 4.47 Å². The van der Waals surface area contributed by atoms with Gasteiger partial charge in [-0.15, -0.1) is 0 Å². The number of halogens is 2. The number of pyridine rings is 1. The lowest BCUT2D eigenvalue weighted by Crippen LogP contribution is -2.34. The summed E-state index contributed by atoms with van der Waals surface area (Å²) in [5.41, 5.74) is 0. The molecular formula is C12H16Br2N2. The zero-order valence-corrected chi connectivity index (χ0v) is 12.6. The Morgan fingerprint density at radius 1 is 1.38 bits per heavy atom. The van der Waals surface area contributed by atoms with Gasteiger partial charge in [-0.3, -0.25) is 0 Å². The van der Waals surface area contributed by atoms with Crippen molar-refractivity contribution in [3.63, 3.8) is 0 Å². The number of rotatable bonds is 2. The van der Waals surface area contributed by atoms with Gasteiger partial charge in [-0.05, 0) is 56.7 Å². The molecule has 0 saturated carbocycles. The van der Waals surface area contributed by atoms with Gasteiger partial charge in [0.25, 0.3) is 0 Å². The van der Waals surface area contributed by atoms with Gasteiger partial charge in [0.15, 0.2) is 0 Å². The molecule has 2 heterocycles. The van der Waals surface area contributed by atoms with Gasteiger partial charge in [-0.2, -0.15) is 0 Å². The fraction of sp³-hybridized carbons (Fsp3) is 0.583. The highest BCUT2D eigenvalue weighted by Gasteiger charge is 2.20. The first-order valence-corrected chi connectivity index (χ1v) is 7.35. The first-order chi connectivity index (χ1) is 7.70. The first kappa shape index (κ1) is 12.4. The van der Waals surface area contributed by atoms with Crippen molar-refractivity contribution >= 4 is 37.7 Å². The molecule has 88 valence electrons. The summed E-state index contributed by atoms with van der Waals surface area (Å²) in [7, 11) is 0. The largest absolute Gasteiger partial charge is 0.356 e. The van der Waals surface area contributed by atoms with E-state index in [4.69, 9.17) is 0 Å². The van der Waals surface area contributed by atoms with E-state index < -0.39 is 0 Å². The normalized spacial score (nSPS) is 17.8. The molecule has 4 heteroatoms. The lowest BCUT2D eigenvalue weighted by Gasteiger charge is -2.32. The van der Waals surface area contributed by atoms with E-state index in [1.54, 1.807) is 0 Å². The minimum absolute atomic E-state index is 0.908. The Morgan fingerprint density at radius 2 is 2.06 bits per heavy atom. The Balaban J connectivity index is 2.08. The van der Waals surface area contributed by atoms with Crippen molar-refractivity contribution in [1.82, 2.24) is 4.98 Å². The number of hydrogen-bond acceptors (Lipinski definition) is 2. The molecule has 0 aliphatic carbocycles. The maximum Gasteiger partial charge on any atom is 0.142 e. The minimum Gasteiger partial charge on any atom is -0.356 e. The van der Waals surface area contributed by atoms with E-state index >= 15 is 0 Å². The van der Waals surface area contributed by atoms with Crippen LogP contribution in [0.2, 0.25) is 0 Å². The van der Waals surface area contributed by atoms with Crippen molar-refractivity contribution in [2.24, 2.45) is 5.92 Å². The number of hydrogen-bond donors (Lipinski definition) is 0. The van der Waals surface area contributed by atoms with Crippen LogP contribution in [-0.2, 0) is 0 Å². The highest BCUT2D eigenvalue weighted by Crippen LogP contribution is 2.30. The molecule has 1 aliphatic heterocycles. The topological polar surface area (TPSA) is 16.1 Å². The average molecular weight is 348 g/mol. The molecule has 1 aromatic heterocycles. The number of nitrogens with zero attached hydrogens (tertiary/aromatic N) is 2. The Bertz CT molecular complexity index is 360. The van der Waals surface area contributed by atoms with Gasteiger partial charge in [0.1, 0.15) is 5.82 Å². The third-order valence-corrected chi connectivity index (χ3v) is 4.30. The van der Waals surface area contributed by atoms with Crippen LogP contribution in [0.25, 0.3) is 0 Å². The lowest BCUT2D eigenvalue weighted by atomic mass is 9.94. The quantitative estimate of drug-likeness (QED) is 0.795. The average Bonchev–Trinajstić information content (AvgIpc) is 2.29. The number of aromatic nitrogens is 1. The summed E-state index contributed by atoms with van der Waals surface area (Å²) in [5.74, 6) is 1.99. The Labute approximate surface area is 114 Å². The predicted octanol–water partition coefficient (Wildman–Crippen LogP) is 4.23. The molecule has 0 spiro atoms. The Kier molecular flexibility index (Phi) is 4.25. The van der Waals surface area contributed by atoms with Gasteiger partial charge >= 0.3 is 0 Å². The zero-order chi connectivity index (χ0) is 11.5. The standard InChI is InChI=1S/C12H16Br2N2/c1-2-9-3-5-16(6-4-9)12-11(14)7-10(13)8-15-12/h7-9H,2-6H2,1H3. The first-order valence-electron chi connectivity index (χ1n) is 5.76. The molecule has 0 amide bonds. The molecule has 0 atom stereocenters. The van der Waals surface area contributed by atoms with Gasteiger partial charge in [-0.1, -0.05) is 13.3 Å². The van der Waals surface area contributed by atoms with Crippen LogP contribution in [0, 0.1) is 5.92 Å². The fourth-order valence-electron chi connectivity index (χ4n) is 2.19. The number of anilines is 1. The van der Waals surface area contributed by atoms with E-state index in [9.17, 15) is 0 Å². The summed E-state index contributed by atoms with van der Waals surface area (Å²) >= 11 is 7.01. The molecular weight excluding hydrogens is 332 g/mol. The van der Waals surface area contributed by atoms with Crippen LogP contribution in [0.15, 0.2) is 21.2 Å². The molecule has 0 bridgehead atoms. The highest BCUT2D eigenvalue weighted by atomic mass is 79.9.